The molecule has 0 aliphatic rings. The van der Waals surface area contributed by atoms with Crippen molar-refractivity contribution in [3.05, 3.63) is 35.2 Å². The van der Waals surface area contributed by atoms with E-state index < -0.39 is 0 Å². The van der Waals surface area contributed by atoms with Crippen LogP contribution in [-0.2, 0) is 0 Å². The Bertz CT molecular complexity index is 609. The van der Waals surface area contributed by atoms with Crippen LogP contribution in [0.2, 0.25) is 5.15 Å². The lowest BCUT2D eigenvalue weighted by molar-refractivity contribution is 0.0911. The number of fused-ring (bicyclic) bond motifs is 1. The molecule has 108 valence electrons. The second-order valence-corrected chi connectivity index (χ2v) is 5.37. The molecule has 2 N–H and O–H groups in total. The molecule has 0 aliphatic carbocycles. The third kappa shape index (κ3) is 2.94. The van der Waals surface area contributed by atoms with Crippen molar-refractivity contribution in [3.8, 4) is 0 Å². The van der Waals surface area contributed by atoms with Gasteiger partial charge in [-0.15, -0.1) is 0 Å². The number of nitrogens with one attached hydrogen (secondary N) is 1. The zero-order chi connectivity index (χ0) is 14.7. The van der Waals surface area contributed by atoms with Crippen molar-refractivity contribution in [2.45, 2.75) is 26.3 Å². The number of carbonyl (C=O) groups excluding carboxylic acids is 1. The molecule has 1 unspecified atom stereocenters. The van der Waals surface area contributed by atoms with E-state index in [0.29, 0.717) is 17.8 Å². The lowest BCUT2D eigenvalue weighted by Gasteiger charge is -2.21. The van der Waals surface area contributed by atoms with E-state index in [-0.39, 0.29) is 29.6 Å². The monoisotopic (exact) mass is 295 g/mol. The first kappa shape index (κ1) is 14.8. The van der Waals surface area contributed by atoms with Crippen LogP contribution in [0.4, 0.5) is 0 Å². The molecule has 0 radical (unpaired) electrons. The highest BCUT2D eigenvalue weighted by atomic mass is 35.5. The van der Waals surface area contributed by atoms with Crippen LogP contribution in [0, 0.1) is 5.92 Å². The van der Waals surface area contributed by atoms with E-state index in [1.54, 1.807) is 16.7 Å². The zero-order valence-corrected chi connectivity index (χ0v) is 12.3. The molecule has 2 aromatic heterocycles. The van der Waals surface area contributed by atoms with E-state index >= 15 is 0 Å². The number of nitrogens with zero attached hydrogens (tertiary/aromatic N) is 2. The number of carbonyl (C=O) groups is 1. The minimum Gasteiger partial charge on any atom is -0.396 e. The summed E-state index contributed by atoms with van der Waals surface area (Å²) >= 11 is 6.06. The van der Waals surface area contributed by atoms with Gasteiger partial charge in [0.2, 0.25) is 0 Å². The molecule has 0 aliphatic heterocycles. The van der Waals surface area contributed by atoms with Gasteiger partial charge in [-0.1, -0.05) is 31.5 Å². The molecule has 2 aromatic rings. The van der Waals surface area contributed by atoms with Crippen LogP contribution in [-0.4, -0.2) is 33.0 Å². The number of aliphatic hydroxyl groups excluding tert-OH is 1. The van der Waals surface area contributed by atoms with Crippen molar-refractivity contribution in [2.75, 3.05) is 6.61 Å². The van der Waals surface area contributed by atoms with E-state index in [2.05, 4.69) is 10.3 Å². The van der Waals surface area contributed by atoms with E-state index in [1.165, 1.54) is 0 Å². The van der Waals surface area contributed by atoms with Crippen LogP contribution in [0.1, 0.15) is 30.8 Å². The maximum Gasteiger partial charge on any atom is 0.271 e. The van der Waals surface area contributed by atoms with Gasteiger partial charge in [0, 0.05) is 18.8 Å². The van der Waals surface area contributed by atoms with Crippen LogP contribution in [0.25, 0.3) is 5.65 Å². The summed E-state index contributed by atoms with van der Waals surface area (Å²) in [5.41, 5.74) is 0.955. The predicted molar refractivity (Wildman–Crippen MR) is 78.0 cm³/mol. The van der Waals surface area contributed by atoms with Crippen molar-refractivity contribution in [2.24, 2.45) is 5.92 Å². The highest BCUT2D eigenvalue weighted by molar-refractivity contribution is 6.32. The third-order valence-electron chi connectivity index (χ3n) is 3.26. The van der Waals surface area contributed by atoms with E-state index in [0.717, 1.165) is 0 Å². The van der Waals surface area contributed by atoms with Gasteiger partial charge in [0.15, 0.2) is 10.8 Å². The first-order chi connectivity index (χ1) is 9.54. The molecular formula is C14H18ClN3O2. The Morgan fingerprint density at radius 1 is 1.50 bits per heavy atom. The summed E-state index contributed by atoms with van der Waals surface area (Å²) in [7, 11) is 0. The molecular weight excluding hydrogens is 278 g/mol. The Labute approximate surface area is 122 Å². The van der Waals surface area contributed by atoms with Gasteiger partial charge in [-0.3, -0.25) is 9.20 Å². The Morgan fingerprint density at radius 3 is 2.90 bits per heavy atom. The molecule has 2 rings (SSSR count). The number of aliphatic hydroxyl groups is 1. The molecule has 5 nitrogen and oxygen atoms in total. The van der Waals surface area contributed by atoms with Gasteiger partial charge in [0.25, 0.3) is 5.91 Å². The number of hydrogen-bond donors (Lipinski definition) is 2. The number of halogens is 1. The largest absolute Gasteiger partial charge is 0.396 e. The molecule has 0 saturated heterocycles. The van der Waals surface area contributed by atoms with Crippen LogP contribution in [0.15, 0.2) is 24.4 Å². The van der Waals surface area contributed by atoms with Crippen LogP contribution < -0.4 is 5.32 Å². The molecule has 0 spiro atoms. The average Bonchev–Trinajstić information content (AvgIpc) is 2.73. The van der Waals surface area contributed by atoms with Gasteiger partial charge in [-0.05, 0) is 24.5 Å². The van der Waals surface area contributed by atoms with Crippen molar-refractivity contribution in [1.29, 1.82) is 0 Å². The highest BCUT2D eigenvalue weighted by Gasteiger charge is 2.22. The van der Waals surface area contributed by atoms with Crippen molar-refractivity contribution >= 4 is 23.2 Å². The summed E-state index contributed by atoms with van der Waals surface area (Å²) in [6, 6.07) is 5.34. The summed E-state index contributed by atoms with van der Waals surface area (Å²) in [5.74, 6) is -0.0510. The summed E-state index contributed by atoms with van der Waals surface area (Å²) in [4.78, 5) is 16.5. The maximum absolute atomic E-state index is 12.4. The van der Waals surface area contributed by atoms with E-state index in [4.69, 9.17) is 16.7 Å². The van der Waals surface area contributed by atoms with E-state index in [1.807, 2.05) is 26.0 Å². The summed E-state index contributed by atoms with van der Waals surface area (Å²) in [6.45, 7) is 4.03. The summed E-state index contributed by atoms with van der Waals surface area (Å²) in [5, 5.41) is 12.1. The fourth-order valence-corrected chi connectivity index (χ4v) is 2.38. The first-order valence-corrected chi connectivity index (χ1v) is 6.96. The molecule has 1 amide bonds. The van der Waals surface area contributed by atoms with Crippen molar-refractivity contribution in [3.63, 3.8) is 0 Å². The smallest absolute Gasteiger partial charge is 0.271 e. The van der Waals surface area contributed by atoms with E-state index in [9.17, 15) is 4.79 Å². The quantitative estimate of drug-likeness (QED) is 0.888. The topological polar surface area (TPSA) is 66.6 Å². The van der Waals surface area contributed by atoms with Gasteiger partial charge < -0.3 is 10.4 Å². The lowest BCUT2D eigenvalue weighted by Crippen LogP contribution is -2.39. The standard InChI is InChI=1S/C14H18ClN3O2/c1-9(2)10(6-8-19)16-14(20)12-13(15)17-11-5-3-4-7-18(11)12/h3-5,7,9-10,19H,6,8H2,1-2H3,(H,16,20). The van der Waals surface area contributed by atoms with Crippen LogP contribution in [0.5, 0.6) is 0 Å². The Hall–Kier alpha value is -1.59. The molecule has 20 heavy (non-hydrogen) atoms. The number of amides is 1. The second-order valence-electron chi connectivity index (χ2n) is 5.02. The maximum atomic E-state index is 12.4. The molecule has 0 saturated carbocycles. The number of pyridine rings is 1. The molecule has 6 heteroatoms. The number of rotatable bonds is 5. The highest BCUT2D eigenvalue weighted by Crippen LogP contribution is 2.18. The first-order valence-electron chi connectivity index (χ1n) is 6.59. The fraction of sp³-hybridized carbons (Fsp3) is 0.429. The molecule has 0 fully saturated rings. The minimum atomic E-state index is -0.277. The lowest BCUT2D eigenvalue weighted by atomic mass is 10.0. The fourth-order valence-electron chi connectivity index (χ4n) is 2.12. The normalized spacial score (nSPS) is 12.8. The Morgan fingerprint density at radius 2 is 2.25 bits per heavy atom. The SMILES string of the molecule is CC(C)C(CCO)NC(=O)c1c(Cl)nc2ccccn12. The Kier molecular flexibility index (Phi) is 4.62. The predicted octanol–water partition coefficient (Wildman–Crippen LogP) is 2.12. The minimum absolute atomic E-state index is 0.0318. The summed E-state index contributed by atoms with van der Waals surface area (Å²) < 4.78 is 1.66. The van der Waals surface area contributed by atoms with Crippen molar-refractivity contribution < 1.29 is 9.90 Å². The molecule has 1 atom stereocenters. The van der Waals surface area contributed by atoms with Crippen LogP contribution >= 0.6 is 11.6 Å². The van der Waals surface area contributed by atoms with Gasteiger partial charge in [-0.25, -0.2) is 4.98 Å². The zero-order valence-electron chi connectivity index (χ0n) is 11.5. The second kappa shape index (κ2) is 6.24. The van der Waals surface area contributed by atoms with Gasteiger partial charge in [0.05, 0.1) is 0 Å². The number of hydrogen-bond acceptors (Lipinski definition) is 3. The summed E-state index contributed by atoms with van der Waals surface area (Å²) in [6.07, 6.45) is 2.26. The van der Waals surface area contributed by atoms with Gasteiger partial charge in [0.1, 0.15) is 5.65 Å². The molecule has 0 bridgehead atoms. The number of aromatic nitrogens is 2. The van der Waals surface area contributed by atoms with Crippen molar-refractivity contribution in [1.82, 2.24) is 14.7 Å². The third-order valence-corrected chi connectivity index (χ3v) is 3.53. The molecule has 0 aromatic carbocycles. The average molecular weight is 296 g/mol. The Balaban J connectivity index is 2.29. The van der Waals surface area contributed by atoms with Gasteiger partial charge in [-0.2, -0.15) is 0 Å². The van der Waals surface area contributed by atoms with Gasteiger partial charge >= 0.3 is 0 Å². The van der Waals surface area contributed by atoms with Crippen LogP contribution in [0.3, 0.4) is 0 Å². The molecule has 2 heterocycles. The number of imidazole rings is 1.